The summed E-state index contributed by atoms with van der Waals surface area (Å²) in [4.78, 5) is 1.48. The predicted octanol–water partition coefficient (Wildman–Crippen LogP) is 0.0213. The third-order valence-corrected chi connectivity index (χ3v) is 1.48. The summed E-state index contributed by atoms with van der Waals surface area (Å²) in [7, 11) is 0. The van der Waals surface area contributed by atoms with E-state index in [0.29, 0.717) is 18.8 Å². The Labute approximate surface area is 71.2 Å². The Balaban J connectivity index is 2.44. The van der Waals surface area contributed by atoms with Crippen LogP contribution in [0.3, 0.4) is 0 Å². The number of nitrogens with two attached hydrogens (primary N) is 1. The van der Waals surface area contributed by atoms with E-state index in [-0.39, 0.29) is 0 Å². The second kappa shape index (κ2) is 3.10. The molecule has 1 heterocycles. The van der Waals surface area contributed by atoms with Gasteiger partial charge in [0, 0.05) is 0 Å². The normalized spacial score (nSPS) is 11.9. The van der Waals surface area contributed by atoms with Gasteiger partial charge in [0.15, 0.2) is 5.82 Å². The number of rotatable bonds is 3. The number of hydrogen-bond acceptors (Lipinski definition) is 4. The van der Waals surface area contributed by atoms with Crippen molar-refractivity contribution in [2.45, 2.75) is 32.4 Å². The summed E-state index contributed by atoms with van der Waals surface area (Å²) < 4.78 is 0. The Morgan fingerprint density at radius 1 is 1.67 bits per heavy atom. The van der Waals surface area contributed by atoms with E-state index in [1.165, 1.54) is 11.0 Å². The van der Waals surface area contributed by atoms with E-state index >= 15 is 0 Å². The number of aryl methyl sites for hydroxylation is 1. The van der Waals surface area contributed by atoms with Crippen molar-refractivity contribution in [1.29, 1.82) is 0 Å². The lowest BCUT2D eigenvalue weighted by Crippen LogP contribution is -2.21. The second-order valence-corrected chi connectivity index (χ2v) is 3.43. The molecule has 0 unspecified atom stereocenters. The molecule has 0 aliphatic carbocycles. The van der Waals surface area contributed by atoms with E-state index in [4.69, 9.17) is 5.73 Å². The molecular weight excluding hydrogens is 156 g/mol. The van der Waals surface area contributed by atoms with Crippen molar-refractivity contribution in [2.24, 2.45) is 0 Å². The average molecular weight is 170 g/mol. The van der Waals surface area contributed by atoms with E-state index in [0.717, 1.165) is 0 Å². The molecule has 0 aromatic carbocycles. The van der Waals surface area contributed by atoms with Gasteiger partial charge in [-0.3, -0.25) is 0 Å². The van der Waals surface area contributed by atoms with E-state index in [1.54, 1.807) is 13.8 Å². The van der Waals surface area contributed by atoms with Crippen LogP contribution in [0.15, 0.2) is 6.20 Å². The van der Waals surface area contributed by atoms with Crippen LogP contribution in [0.1, 0.15) is 20.3 Å². The van der Waals surface area contributed by atoms with E-state index in [1.807, 2.05) is 0 Å². The SMILES string of the molecule is CC(C)(O)CCn1ncc(N)n1. The van der Waals surface area contributed by atoms with Crippen molar-refractivity contribution in [3.8, 4) is 0 Å². The first-order chi connectivity index (χ1) is 5.47. The van der Waals surface area contributed by atoms with Gasteiger partial charge in [-0.1, -0.05) is 0 Å². The molecule has 1 aromatic rings. The number of nitrogen functional groups attached to an aromatic ring is 1. The molecule has 12 heavy (non-hydrogen) atoms. The molecule has 3 N–H and O–H groups in total. The average Bonchev–Trinajstić information content (AvgIpc) is 2.30. The van der Waals surface area contributed by atoms with Crippen LogP contribution in [-0.2, 0) is 6.54 Å². The molecular formula is C7H14N4O. The Bertz CT molecular complexity index is 250. The van der Waals surface area contributed by atoms with Gasteiger partial charge in [-0.25, -0.2) is 0 Å². The third-order valence-electron chi connectivity index (χ3n) is 1.48. The molecule has 0 aliphatic rings. The van der Waals surface area contributed by atoms with Crippen molar-refractivity contribution < 1.29 is 5.11 Å². The number of anilines is 1. The van der Waals surface area contributed by atoms with E-state index in [9.17, 15) is 5.11 Å². The lowest BCUT2D eigenvalue weighted by atomic mass is 10.1. The van der Waals surface area contributed by atoms with Crippen molar-refractivity contribution >= 4 is 5.82 Å². The Kier molecular flexibility index (Phi) is 2.32. The van der Waals surface area contributed by atoms with Gasteiger partial charge in [-0.05, 0) is 20.3 Å². The zero-order valence-electron chi connectivity index (χ0n) is 7.36. The molecule has 68 valence electrons. The molecule has 5 nitrogen and oxygen atoms in total. The van der Waals surface area contributed by atoms with E-state index < -0.39 is 5.60 Å². The number of hydrogen-bond donors (Lipinski definition) is 2. The van der Waals surface area contributed by atoms with Gasteiger partial charge in [0.25, 0.3) is 0 Å². The van der Waals surface area contributed by atoms with Crippen LogP contribution in [0.4, 0.5) is 5.82 Å². The highest BCUT2D eigenvalue weighted by molar-refractivity contribution is 5.19. The van der Waals surface area contributed by atoms with Crippen LogP contribution in [0.5, 0.6) is 0 Å². The Hall–Kier alpha value is -1.10. The quantitative estimate of drug-likeness (QED) is 0.670. The minimum Gasteiger partial charge on any atom is -0.390 e. The van der Waals surface area contributed by atoms with Gasteiger partial charge in [0.2, 0.25) is 0 Å². The zero-order valence-corrected chi connectivity index (χ0v) is 7.36. The molecule has 0 saturated carbocycles. The first-order valence-electron chi connectivity index (χ1n) is 3.85. The maximum Gasteiger partial charge on any atom is 0.165 e. The van der Waals surface area contributed by atoms with Crippen LogP contribution in [0.2, 0.25) is 0 Å². The maximum absolute atomic E-state index is 9.39. The summed E-state index contributed by atoms with van der Waals surface area (Å²) in [5.41, 5.74) is 4.68. The van der Waals surface area contributed by atoms with Crippen molar-refractivity contribution in [2.75, 3.05) is 5.73 Å². The minimum atomic E-state index is -0.678. The minimum absolute atomic E-state index is 0.408. The molecule has 0 amide bonds. The summed E-state index contributed by atoms with van der Waals surface area (Å²) in [6, 6.07) is 0. The fraction of sp³-hybridized carbons (Fsp3) is 0.714. The van der Waals surface area contributed by atoms with Crippen molar-refractivity contribution in [3.63, 3.8) is 0 Å². The zero-order chi connectivity index (χ0) is 9.19. The van der Waals surface area contributed by atoms with Crippen LogP contribution in [0, 0.1) is 0 Å². The molecule has 0 bridgehead atoms. The molecule has 0 aliphatic heterocycles. The molecule has 0 saturated heterocycles. The molecule has 1 aromatic heterocycles. The molecule has 0 radical (unpaired) electrons. The molecule has 0 fully saturated rings. The van der Waals surface area contributed by atoms with Crippen molar-refractivity contribution in [3.05, 3.63) is 6.20 Å². The first-order valence-corrected chi connectivity index (χ1v) is 3.85. The molecule has 5 heteroatoms. The lowest BCUT2D eigenvalue weighted by molar-refractivity contribution is 0.0637. The summed E-state index contributed by atoms with van der Waals surface area (Å²) >= 11 is 0. The maximum atomic E-state index is 9.39. The summed E-state index contributed by atoms with van der Waals surface area (Å²) in [6.07, 6.45) is 2.10. The predicted molar refractivity (Wildman–Crippen MR) is 45.3 cm³/mol. The van der Waals surface area contributed by atoms with Gasteiger partial charge in [0.05, 0.1) is 18.3 Å². The molecule has 1 rings (SSSR count). The molecule has 0 atom stereocenters. The van der Waals surface area contributed by atoms with Crippen molar-refractivity contribution in [1.82, 2.24) is 15.0 Å². The summed E-state index contributed by atoms with van der Waals surface area (Å²) in [5, 5.41) is 17.2. The highest BCUT2D eigenvalue weighted by Crippen LogP contribution is 2.07. The van der Waals surface area contributed by atoms with Crippen LogP contribution < -0.4 is 5.73 Å². The monoisotopic (exact) mass is 170 g/mol. The third kappa shape index (κ3) is 2.87. The van der Waals surface area contributed by atoms with Gasteiger partial charge in [0.1, 0.15) is 0 Å². The fourth-order valence-electron chi connectivity index (χ4n) is 0.792. The topological polar surface area (TPSA) is 77.0 Å². The Morgan fingerprint density at radius 2 is 2.33 bits per heavy atom. The lowest BCUT2D eigenvalue weighted by Gasteiger charge is -2.15. The van der Waals surface area contributed by atoms with Crippen LogP contribution in [-0.4, -0.2) is 25.7 Å². The van der Waals surface area contributed by atoms with E-state index in [2.05, 4.69) is 10.2 Å². The van der Waals surface area contributed by atoms with Gasteiger partial charge >= 0.3 is 0 Å². The van der Waals surface area contributed by atoms with Crippen LogP contribution in [0.25, 0.3) is 0 Å². The van der Waals surface area contributed by atoms with Gasteiger partial charge in [-0.2, -0.15) is 9.90 Å². The summed E-state index contributed by atoms with van der Waals surface area (Å²) in [6.45, 7) is 4.08. The van der Waals surface area contributed by atoms with Crippen LogP contribution >= 0.6 is 0 Å². The largest absolute Gasteiger partial charge is 0.390 e. The smallest absolute Gasteiger partial charge is 0.165 e. The van der Waals surface area contributed by atoms with Gasteiger partial charge in [-0.15, -0.1) is 5.10 Å². The summed E-state index contributed by atoms with van der Waals surface area (Å²) in [5.74, 6) is 0.408. The molecule has 0 spiro atoms. The number of aliphatic hydroxyl groups is 1. The number of aromatic nitrogens is 3. The fourth-order valence-corrected chi connectivity index (χ4v) is 0.792. The number of nitrogens with zero attached hydrogens (tertiary/aromatic N) is 3. The first kappa shape index (κ1) is 8.99. The standard InChI is InChI=1S/C7H14N4O/c1-7(2,12)3-4-11-9-5-6(8)10-11/h5,12H,3-4H2,1-2H3,(H2,8,10). The highest BCUT2D eigenvalue weighted by atomic mass is 16.3. The second-order valence-electron chi connectivity index (χ2n) is 3.43. The Morgan fingerprint density at radius 3 is 2.75 bits per heavy atom. The van der Waals surface area contributed by atoms with Gasteiger partial charge < -0.3 is 10.8 Å². The highest BCUT2D eigenvalue weighted by Gasteiger charge is 2.12.